The first kappa shape index (κ1) is 20.6. The van der Waals surface area contributed by atoms with Crippen molar-refractivity contribution in [3.05, 3.63) is 118 Å². The molecule has 0 unspecified atom stereocenters. The number of carbonyl (C=O) groups is 1. The number of nitrogens with one attached hydrogen (secondary N) is 1. The molecule has 1 amide bonds. The van der Waals surface area contributed by atoms with Crippen LogP contribution in [0.4, 0.5) is 0 Å². The number of carbonyl (C=O) groups excluding carboxylic acids is 1. The predicted octanol–water partition coefficient (Wildman–Crippen LogP) is 5.58. The minimum absolute atomic E-state index is 0.275. The second-order valence-corrected chi connectivity index (χ2v) is 7.71. The summed E-state index contributed by atoms with van der Waals surface area (Å²) in [5.74, 6) is 0.458. The monoisotopic (exact) mass is 473 g/mol. The molecule has 4 aromatic rings. The summed E-state index contributed by atoms with van der Waals surface area (Å²) >= 11 is 3.43. The smallest absolute Gasteiger partial charge is 0.273 e. The molecule has 0 aliphatic heterocycles. The summed E-state index contributed by atoms with van der Waals surface area (Å²) in [6, 6.07) is 26.8. The fraction of sp³-hybridized carbons (Fsp3) is 0.0400. The second kappa shape index (κ2) is 9.91. The van der Waals surface area contributed by atoms with E-state index in [1.807, 2.05) is 95.8 Å². The Morgan fingerprint density at radius 3 is 2.55 bits per heavy atom. The summed E-state index contributed by atoms with van der Waals surface area (Å²) in [4.78, 5) is 12.6. The number of hydrazone groups is 1. The molecule has 0 aliphatic carbocycles. The van der Waals surface area contributed by atoms with E-state index < -0.39 is 0 Å². The van der Waals surface area contributed by atoms with Crippen molar-refractivity contribution in [2.45, 2.75) is 6.61 Å². The van der Waals surface area contributed by atoms with E-state index >= 15 is 0 Å². The molecule has 4 rings (SSSR count). The molecule has 0 atom stereocenters. The second-order valence-electron chi connectivity index (χ2n) is 6.79. The Morgan fingerprint density at radius 2 is 1.74 bits per heavy atom. The Kier molecular flexibility index (Phi) is 6.59. The SMILES string of the molecule is O=C(N/N=C\c1cccc(OCc2ccc(Br)cc2)c1)c1ccccc1-n1cccc1. The van der Waals surface area contributed by atoms with Crippen molar-refractivity contribution in [2.75, 3.05) is 0 Å². The van der Waals surface area contributed by atoms with Crippen LogP contribution in [0.25, 0.3) is 5.69 Å². The maximum Gasteiger partial charge on any atom is 0.273 e. The Labute approximate surface area is 189 Å². The molecule has 3 aromatic carbocycles. The van der Waals surface area contributed by atoms with Crippen LogP contribution in [-0.4, -0.2) is 16.7 Å². The van der Waals surface area contributed by atoms with Gasteiger partial charge in [-0.05, 0) is 59.7 Å². The van der Waals surface area contributed by atoms with Gasteiger partial charge in [-0.15, -0.1) is 0 Å². The van der Waals surface area contributed by atoms with Gasteiger partial charge in [-0.1, -0.05) is 52.3 Å². The fourth-order valence-corrected chi connectivity index (χ4v) is 3.31. The van der Waals surface area contributed by atoms with Crippen molar-refractivity contribution in [1.82, 2.24) is 9.99 Å². The van der Waals surface area contributed by atoms with Crippen molar-refractivity contribution in [3.63, 3.8) is 0 Å². The first-order valence-corrected chi connectivity index (χ1v) is 10.5. The predicted molar refractivity (Wildman–Crippen MR) is 126 cm³/mol. The minimum atomic E-state index is -0.275. The van der Waals surface area contributed by atoms with Gasteiger partial charge in [0.15, 0.2) is 0 Å². The number of halogens is 1. The standard InChI is InChI=1S/C25H20BrN3O2/c26-21-12-10-19(11-13-21)18-31-22-7-5-6-20(16-22)17-27-28-25(30)23-8-1-2-9-24(23)29-14-3-4-15-29/h1-17H,18H2,(H,28,30)/b27-17-. The fourth-order valence-electron chi connectivity index (χ4n) is 3.04. The van der Waals surface area contributed by atoms with Crippen LogP contribution in [0.5, 0.6) is 5.75 Å². The highest BCUT2D eigenvalue weighted by atomic mass is 79.9. The molecule has 0 saturated carbocycles. The number of para-hydroxylation sites is 1. The zero-order valence-electron chi connectivity index (χ0n) is 16.6. The van der Waals surface area contributed by atoms with Crippen LogP contribution in [0, 0.1) is 0 Å². The third-order valence-corrected chi connectivity index (χ3v) is 5.12. The zero-order chi connectivity index (χ0) is 21.5. The molecular weight excluding hydrogens is 454 g/mol. The topological polar surface area (TPSA) is 55.6 Å². The summed E-state index contributed by atoms with van der Waals surface area (Å²) in [6.07, 6.45) is 5.40. The number of hydrogen-bond donors (Lipinski definition) is 1. The van der Waals surface area contributed by atoms with E-state index in [9.17, 15) is 4.79 Å². The van der Waals surface area contributed by atoms with E-state index in [1.54, 1.807) is 12.3 Å². The molecular formula is C25H20BrN3O2. The average molecular weight is 474 g/mol. The molecule has 5 nitrogen and oxygen atoms in total. The quantitative estimate of drug-likeness (QED) is 0.281. The third kappa shape index (κ3) is 5.49. The van der Waals surface area contributed by atoms with E-state index in [2.05, 4.69) is 26.5 Å². The Hall–Kier alpha value is -3.64. The lowest BCUT2D eigenvalue weighted by Crippen LogP contribution is -2.19. The largest absolute Gasteiger partial charge is 0.489 e. The van der Waals surface area contributed by atoms with Crippen LogP contribution in [-0.2, 0) is 6.61 Å². The molecule has 0 spiro atoms. The zero-order valence-corrected chi connectivity index (χ0v) is 18.2. The van der Waals surface area contributed by atoms with Gasteiger partial charge in [0.2, 0.25) is 0 Å². The number of aromatic nitrogens is 1. The van der Waals surface area contributed by atoms with E-state index in [-0.39, 0.29) is 5.91 Å². The van der Waals surface area contributed by atoms with Crippen molar-refractivity contribution in [1.29, 1.82) is 0 Å². The average Bonchev–Trinajstić information content (AvgIpc) is 3.34. The van der Waals surface area contributed by atoms with Crippen molar-refractivity contribution >= 4 is 28.1 Å². The normalized spacial score (nSPS) is 10.9. The van der Waals surface area contributed by atoms with Crippen LogP contribution >= 0.6 is 15.9 Å². The Bertz CT molecular complexity index is 1190. The van der Waals surface area contributed by atoms with Crippen LogP contribution in [0.3, 0.4) is 0 Å². The number of amides is 1. The van der Waals surface area contributed by atoms with Crippen LogP contribution < -0.4 is 10.2 Å². The molecule has 1 N–H and O–H groups in total. The van der Waals surface area contributed by atoms with Gasteiger partial charge in [-0.25, -0.2) is 5.43 Å². The molecule has 0 saturated heterocycles. The number of nitrogens with zero attached hydrogens (tertiary/aromatic N) is 2. The summed E-state index contributed by atoms with van der Waals surface area (Å²) in [7, 11) is 0. The lowest BCUT2D eigenvalue weighted by Gasteiger charge is -2.09. The van der Waals surface area contributed by atoms with E-state index in [0.29, 0.717) is 12.2 Å². The lowest BCUT2D eigenvalue weighted by atomic mass is 10.1. The van der Waals surface area contributed by atoms with Gasteiger partial charge in [0.05, 0.1) is 17.5 Å². The Balaban J connectivity index is 1.39. The van der Waals surface area contributed by atoms with Crippen molar-refractivity contribution in [2.24, 2.45) is 5.10 Å². The summed E-state index contributed by atoms with van der Waals surface area (Å²) < 4.78 is 8.79. The first-order chi connectivity index (χ1) is 15.2. The summed E-state index contributed by atoms with van der Waals surface area (Å²) in [5, 5.41) is 4.11. The highest BCUT2D eigenvalue weighted by molar-refractivity contribution is 9.10. The van der Waals surface area contributed by atoms with Gasteiger partial charge in [0.25, 0.3) is 5.91 Å². The maximum atomic E-state index is 12.6. The molecule has 1 heterocycles. The molecule has 1 aromatic heterocycles. The molecule has 0 bridgehead atoms. The third-order valence-electron chi connectivity index (χ3n) is 4.59. The number of benzene rings is 3. The van der Waals surface area contributed by atoms with Crippen LogP contribution in [0.2, 0.25) is 0 Å². The molecule has 31 heavy (non-hydrogen) atoms. The molecule has 0 fully saturated rings. The summed E-state index contributed by atoms with van der Waals surface area (Å²) in [6.45, 7) is 0.473. The number of ether oxygens (including phenoxy) is 1. The Morgan fingerprint density at radius 1 is 0.968 bits per heavy atom. The van der Waals surface area contributed by atoms with Crippen molar-refractivity contribution in [3.8, 4) is 11.4 Å². The van der Waals surface area contributed by atoms with Gasteiger partial charge >= 0.3 is 0 Å². The van der Waals surface area contributed by atoms with Gasteiger partial charge in [-0.3, -0.25) is 4.79 Å². The van der Waals surface area contributed by atoms with Gasteiger partial charge < -0.3 is 9.30 Å². The molecule has 0 radical (unpaired) electrons. The van der Waals surface area contributed by atoms with E-state index in [0.717, 1.165) is 27.0 Å². The highest BCUT2D eigenvalue weighted by Crippen LogP contribution is 2.17. The molecule has 0 aliphatic rings. The molecule has 6 heteroatoms. The first-order valence-electron chi connectivity index (χ1n) is 9.72. The van der Waals surface area contributed by atoms with E-state index in [1.165, 1.54) is 0 Å². The lowest BCUT2D eigenvalue weighted by molar-refractivity contribution is 0.0955. The highest BCUT2D eigenvalue weighted by Gasteiger charge is 2.10. The van der Waals surface area contributed by atoms with Gasteiger partial charge in [0, 0.05) is 16.9 Å². The maximum absolute atomic E-state index is 12.6. The van der Waals surface area contributed by atoms with Gasteiger partial charge in [-0.2, -0.15) is 5.10 Å². The minimum Gasteiger partial charge on any atom is -0.489 e. The summed E-state index contributed by atoms with van der Waals surface area (Å²) in [5.41, 5.74) is 5.85. The van der Waals surface area contributed by atoms with Crippen LogP contribution in [0.1, 0.15) is 21.5 Å². The van der Waals surface area contributed by atoms with E-state index in [4.69, 9.17) is 4.74 Å². The van der Waals surface area contributed by atoms with Gasteiger partial charge in [0.1, 0.15) is 12.4 Å². The number of hydrogen-bond acceptors (Lipinski definition) is 3. The van der Waals surface area contributed by atoms with Crippen molar-refractivity contribution < 1.29 is 9.53 Å². The number of rotatable bonds is 7. The van der Waals surface area contributed by atoms with Crippen LogP contribution in [0.15, 0.2) is 107 Å². The molecule has 154 valence electrons.